The molecule has 1 aromatic carbocycles. The van der Waals surface area contributed by atoms with Crippen LogP contribution in [0.5, 0.6) is 0 Å². The molecule has 0 unspecified atom stereocenters. The predicted octanol–water partition coefficient (Wildman–Crippen LogP) is 14.2. The molecule has 1 aromatic rings. The van der Waals surface area contributed by atoms with Gasteiger partial charge in [-0.3, -0.25) is 0 Å². The molecule has 0 radical (unpaired) electrons. The quantitative estimate of drug-likeness (QED) is 0.227. The largest absolute Gasteiger partial charge is 0.0912 e. The van der Waals surface area contributed by atoms with E-state index in [1.54, 1.807) is 0 Å². The summed E-state index contributed by atoms with van der Waals surface area (Å²) in [5.41, 5.74) is 6.41. The van der Waals surface area contributed by atoms with Crippen LogP contribution in [-0.4, -0.2) is 0 Å². The molecule has 1 aliphatic rings. The van der Waals surface area contributed by atoms with Crippen molar-refractivity contribution in [1.82, 2.24) is 0 Å². The van der Waals surface area contributed by atoms with Crippen LogP contribution in [0, 0.1) is 11.8 Å². The second kappa shape index (κ2) is 34.2. The number of hydrogen-bond donors (Lipinski definition) is 0. The lowest BCUT2D eigenvalue weighted by atomic mass is 9.84. The van der Waals surface area contributed by atoms with Gasteiger partial charge in [0.1, 0.15) is 0 Å². The third-order valence-corrected chi connectivity index (χ3v) is 6.29. The van der Waals surface area contributed by atoms with E-state index in [1.807, 2.05) is 41.5 Å². The third-order valence-electron chi connectivity index (χ3n) is 6.29. The van der Waals surface area contributed by atoms with Crippen molar-refractivity contribution in [3.8, 4) is 0 Å². The van der Waals surface area contributed by atoms with Gasteiger partial charge in [-0.05, 0) is 74.1 Å². The number of aryl methyl sites for hydroxylation is 1. The second-order valence-corrected chi connectivity index (χ2v) is 9.91. The minimum Gasteiger partial charge on any atom is -0.0912 e. The molecule has 0 N–H and O–H groups in total. The maximum atomic E-state index is 4.19. The summed E-state index contributed by atoms with van der Waals surface area (Å²) in [6, 6.07) is 8.82. The van der Waals surface area contributed by atoms with Crippen LogP contribution in [0.15, 0.2) is 66.3 Å². The Labute approximate surface area is 249 Å². The van der Waals surface area contributed by atoms with Crippen LogP contribution >= 0.6 is 0 Å². The molecular formula is C39H72. The van der Waals surface area contributed by atoms with Crippen LogP contribution in [0.3, 0.4) is 0 Å². The Morgan fingerprint density at radius 3 is 1.56 bits per heavy atom. The minimum absolute atomic E-state index is 1.01. The summed E-state index contributed by atoms with van der Waals surface area (Å²) < 4.78 is 0. The predicted molar refractivity (Wildman–Crippen MR) is 188 cm³/mol. The standard InChI is InChI=1S/C22H30.C8H16.C3H8.3C2H6/c1-6-9-10-21-13-15-22(16-14-21)19(5)11-12-20(8-3)17-18(4)7-2;1-7-3-5-8(2)6-4-7;1-3-2;3*1-2/h7-8,11-16H,5-6,9-10,17H2,1-4H3;7-8H,3-6H2,1-2H3;3H2,1-2H3;3*1-2H3/b12-11-,18-7+,20-8+;;;;;. The number of hydrogen-bond acceptors (Lipinski definition) is 0. The number of allylic oxidation sites excluding steroid dienone is 7. The zero-order valence-electron chi connectivity index (χ0n) is 29.3. The molecule has 0 aromatic heterocycles. The van der Waals surface area contributed by atoms with E-state index in [4.69, 9.17) is 0 Å². The second-order valence-electron chi connectivity index (χ2n) is 9.91. The molecule has 0 heterocycles. The number of unbranched alkanes of at least 4 members (excludes halogenated alkanes) is 1. The molecule has 1 aliphatic carbocycles. The summed E-state index contributed by atoms with van der Waals surface area (Å²) in [5, 5.41) is 0. The smallest absolute Gasteiger partial charge is 0.00733 e. The zero-order chi connectivity index (χ0) is 31.1. The van der Waals surface area contributed by atoms with Crippen molar-refractivity contribution in [3.05, 3.63) is 77.4 Å². The van der Waals surface area contributed by atoms with Crippen molar-refractivity contribution in [2.45, 2.75) is 155 Å². The molecule has 228 valence electrons. The lowest BCUT2D eigenvalue weighted by molar-refractivity contribution is 0.308. The highest BCUT2D eigenvalue weighted by atomic mass is 14.2. The molecular weight excluding hydrogens is 468 g/mol. The highest BCUT2D eigenvalue weighted by molar-refractivity contribution is 5.72. The highest BCUT2D eigenvalue weighted by Gasteiger charge is 2.13. The molecule has 0 saturated heterocycles. The SMILES string of the molecule is C=C(/C=C\C(=C/C)C/C(C)=C/C)c1ccc(CCCC)cc1.CC.CC.CC.CC1CCC(C)CC1.CCC. The average Bonchev–Trinajstić information content (AvgIpc) is 2.99. The Kier molecular flexibility index (Phi) is 38.8. The van der Waals surface area contributed by atoms with E-state index in [-0.39, 0.29) is 0 Å². The van der Waals surface area contributed by atoms with Crippen LogP contribution in [0.2, 0.25) is 0 Å². The molecule has 0 heteroatoms. The Morgan fingerprint density at radius 2 is 1.21 bits per heavy atom. The fourth-order valence-electron chi connectivity index (χ4n) is 3.68. The Hall–Kier alpha value is -1.82. The summed E-state index contributed by atoms with van der Waals surface area (Å²) >= 11 is 0. The van der Waals surface area contributed by atoms with Gasteiger partial charge in [0, 0.05) is 0 Å². The maximum Gasteiger partial charge on any atom is -0.00733 e. The van der Waals surface area contributed by atoms with E-state index in [0.717, 1.165) is 23.8 Å². The van der Waals surface area contributed by atoms with Crippen molar-refractivity contribution in [2.24, 2.45) is 11.8 Å². The molecule has 0 aliphatic heterocycles. The van der Waals surface area contributed by atoms with Crippen LogP contribution in [0.1, 0.15) is 159 Å². The zero-order valence-corrected chi connectivity index (χ0v) is 29.3. The van der Waals surface area contributed by atoms with Crippen molar-refractivity contribution in [1.29, 1.82) is 0 Å². The van der Waals surface area contributed by atoms with E-state index >= 15 is 0 Å². The third kappa shape index (κ3) is 27.5. The summed E-state index contributed by atoms with van der Waals surface area (Å²) in [5.74, 6) is 2.04. The molecule has 0 nitrogen and oxygen atoms in total. The normalized spacial score (nSPS) is 16.4. The van der Waals surface area contributed by atoms with E-state index in [9.17, 15) is 0 Å². The van der Waals surface area contributed by atoms with Crippen LogP contribution in [-0.2, 0) is 6.42 Å². The van der Waals surface area contributed by atoms with Gasteiger partial charge in [0.15, 0.2) is 0 Å². The van der Waals surface area contributed by atoms with Gasteiger partial charge in [0.25, 0.3) is 0 Å². The van der Waals surface area contributed by atoms with Gasteiger partial charge >= 0.3 is 0 Å². The first-order chi connectivity index (χ1) is 18.8. The summed E-state index contributed by atoms with van der Waals surface area (Å²) in [4.78, 5) is 0. The number of rotatable bonds is 8. The molecule has 0 amide bonds. The van der Waals surface area contributed by atoms with Gasteiger partial charge in [-0.2, -0.15) is 0 Å². The molecule has 0 bridgehead atoms. The first-order valence-electron chi connectivity index (χ1n) is 16.5. The minimum atomic E-state index is 1.01. The van der Waals surface area contributed by atoms with Crippen molar-refractivity contribution < 1.29 is 0 Å². The van der Waals surface area contributed by atoms with Crippen LogP contribution in [0.25, 0.3) is 5.57 Å². The lowest BCUT2D eigenvalue weighted by Gasteiger charge is -2.22. The lowest BCUT2D eigenvalue weighted by Crippen LogP contribution is -2.08. The van der Waals surface area contributed by atoms with E-state index in [0.29, 0.717) is 0 Å². The van der Waals surface area contributed by atoms with Crippen molar-refractivity contribution >= 4 is 5.57 Å². The summed E-state index contributed by atoms with van der Waals surface area (Å²) in [7, 11) is 0. The van der Waals surface area contributed by atoms with Gasteiger partial charge in [0.2, 0.25) is 0 Å². The van der Waals surface area contributed by atoms with Gasteiger partial charge < -0.3 is 0 Å². The molecule has 0 atom stereocenters. The average molecular weight is 541 g/mol. The monoisotopic (exact) mass is 541 g/mol. The Balaban J connectivity index is -0.000000296. The van der Waals surface area contributed by atoms with Gasteiger partial charge in [-0.1, -0.05) is 175 Å². The van der Waals surface area contributed by atoms with Gasteiger partial charge in [-0.15, -0.1) is 0 Å². The highest BCUT2D eigenvalue weighted by Crippen LogP contribution is 2.27. The number of benzene rings is 1. The molecule has 39 heavy (non-hydrogen) atoms. The molecule has 1 saturated carbocycles. The summed E-state index contributed by atoms with van der Waals surface area (Å²) in [6.45, 7) is 33.8. The molecule has 1 fully saturated rings. The molecule has 2 rings (SSSR count). The fourth-order valence-corrected chi connectivity index (χ4v) is 3.68. The van der Waals surface area contributed by atoms with E-state index in [1.165, 1.54) is 73.6 Å². The maximum absolute atomic E-state index is 4.19. The van der Waals surface area contributed by atoms with Crippen molar-refractivity contribution in [3.63, 3.8) is 0 Å². The van der Waals surface area contributed by atoms with Crippen LogP contribution < -0.4 is 0 Å². The van der Waals surface area contributed by atoms with E-state index < -0.39 is 0 Å². The first kappa shape index (κ1) is 44.2. The topological polar surface area (TPSA) is 0 Å². The van der Waals surface area contributed by atoms with Crippen molar-refractivity contribution in [2.75, 3.05) is 0 Å². The van der Waals surface area contributed by atoms with E-state index in [2.05, 4.69) is 111 Å². The Bertz CT molecular complexity index is 693. The van der Waals surface area contributed by atoms with Gasteiger partial charge in [-0.25, -0.2) is 0 Å². The molecule has 0 spiro atoms. The Morgan fingerprint density at radius 1 is 0.769 bits per heavy atom. The summed E-state index contributed by atoms with van der Waals surface area (Å²) in [6.07, 6.45) is 20.5. The fraction of sp³-hybridized carbons (Fsp3) is 0.641. The van der Waals surface area contributed by atoms with Gasteiger partial charge in [0.05, 0.1) is 0 Å². The first-order valence-corrected chi connectivity index (χ1v) is 16.5. The van der Waals surface area contributed by atoms with Crippen LogP contribution in [0.4, 0.5) is 0 Å².